The zero-order valence-corrected chi connectivity index (χ0v) is 9.28. The molecular weight excluding hydrogens is 224 g/mol. The second-order valence-electron chi connectivity index (χ2n) is 3.73. The maximum Gasteiger partial charge on any atom is 0.195 e. The normalized spacial score (nSPS) is 11.2. The number of aromatic hydroxyl groups is 4. The van der Waals surface area contributed by atoms with Crippen molar-refractivity contribution < 1.29 is 20.4 Å². The lowest BCUT2D eigenvalue weighted by atomic mass is 10.3. The summed E-state index contributed by atoms with van der Waals surface area (Å²) >= 11 is 0. The fourth-order valence-corrected chi connectivity index (χ4v) is 1.95. The molecule has 0 spiro atoms. The Morgan fingerprint density at radius 2 is 1.12 bits per heavy atom. The Bertz CT molecular complexity index is 444. The molecule has 0 aliphatic heterocycles. The predicted octanol–water partition coefficient (Wildman–Crippen LogP) is 1.57. The lowest BCUT2D eigenvalue weighted by Crippen LogP contribution is -2.16. The summed E-state index contributed by atoms with van der Waals surface area (Å²) in [6, 6.07) is 5.37. The first kappa shape index (κ1) is 11.3. The molecular formula is C11H14N2O4. The Kier molecular flexibility index (Phi) is 2.63. The summed E-state index contributed by atoms with van der Waals surface area (Å²) in [6.07, 6.45) is -0.133. The van der Waals surface area contributed by atoms with Crippen LogP contribution in [0.3, 0.4) is 0 Å². The Labute approximate surface area is 97.6 Å². The van der Waals surface area contributed by atoms with Crippen molar-refractivity contribution >= 4 is 0 Å². The number of hydrogen-bond donors (Lipinski definition) is 4. The van der Waals surface area contributed by atoms with Crippen LogP contribution < -0.4 is 0 Å². The first-order chi connectivity index (χ1) is 8.06. The standard InChI is InChI=1S/C11H14N2O4/c1-2-7(12-8(14)3-4-9(12)15)13-10(16)5-6-11(13)17/h3-7,14-17H,2H2,1H3. The van der Waals surface area contributed by atoms with E-state index in [0.29, 0.717) is 6.42 Å². The van der Waals surface area contributed by atoms with Gasteiger partial charge in [-0.2, -0.15) is 0 Å². The largest absolute Gasteiger partial charge is 0.494 e. The summed E-state index contributed by atoms with van der Waals surface area (Å²) in [7, 11) is 0. The Balaban J connectivity index is 2.55. The van der Waals surface area contributed by atoms with Crippen molar-refractivity contribution in [3.8, 4) is 23.5 Å². The van der Waals surface area contributed by atoms with E-state index in [1.165, 1.54) is 33.4 Å². The zero-order valence-electron chi connectivity index (χ0n) is 9.28. The minimum absolute atomic E-state index is 0.137. The molecule has 0 saturated carbocycles. The summed E-state index contributed by atoms with van der Waals surface area (Å²) in [5.74, 6) is -0.549. The topological polar surface area (TPSA) is 90.8 Å². The first-order valence-electron chi connectivity index (χ1n) is 5.24. The van der Waals surface area contributed by atoms with E-state index in [0.717, 1.165) is 0 Å². The fourth-order valence-electron chi connectivity index (χ4n) is 1.95. The highest BCUT2D eigenvalue weighted by Gasteiger charge is 2.21. The molecule has 0 aromatic carbocycles. The van der Waals surface area contributed by atoms with E-state index in [2.05, 4.69) is 0 Å². The number of aromatic nitrogens is 2. The van der Waals surface area contributed by atoms with Gasteiger partial charge in [0.15, 0.2) is 23.5 Å². The van der Waals surface area contributed by atoms with Crippen LogP contribution in [0.1, 0.15) is 19.5 Å². The summed E-state index contributed by atoms with van der Waals surface area (Å²) in [6.45, 7) is 1.81. The Hall–Kier alpha value is -2.24. The molecule has 2 heterocycles. The average molecular weight is 238 g/mol. The Morgan fingerprint density at radius 1 is 0.824 bits per heavy atom. The monoisotopic (exact) mass is 238 g/mol. The van der Waals surface area contributed by atoms with Gasteiger partial charge in [0, 0.05) is 24.3 Å². The van der Waals surface area contributed by atoms with Crippen LogP contribution in [0.15, 0.2) is 24.3 Å². The smallest absolute Gasteiger partial charge is 0.195 e. The summed E-state index contributed by atoms with van der Waals surface area (Å²) in [5, 5.41) is 38.6. The van der Waals surface area contributed by atoms with Crippen LogP contribution in [0.2, 0.25) is 0 Å². The van der Waals surface area contributed by atoms with Crippen molar-refractivity contribution in [2.24, 2.45) is 0 Å². The van der Waals surface area contributed by atoms with Crippen LogP contribution >= 0.6 is 0 Å². The third-order valence-electron chi connectivity index (χ3n) is 2.71. The van der Waals surface area contributed by atoms with E-state index in [9.17, 15) is 20.4 Å². The van der Waals surface area contributed by atoms with E-state index in [1.54, 1.807) is 0 Å². The van der Waals surface area contributed by atoms with Gasteiger partial charge >= 0.3 is 0 Å². The van der Waals surface area contributed by atoms with Gasteiger partial charge in [-0.1, -0.05) is 6.92 Å². The second-order valence-corrected chi connectivity index (χ2v) is 3.73. The highest BCUT2D eigenvalue weighted by atomic mass is 16.3. The molecule has 6 nitrogen and oxygen atoms in total. The minimum Gasteiger partial charge on any atom is -0.494 e. The van der Waals surface area contributed by atoms with Crippen LogP contribution in [0, 0.1) is 0 Å². The van der Waals surface area contributed by atoms with E-state index < -0.39 is 6.17 Å². The van der Waals surface area contributed by atoms with Crippen molar-refractivity contribution in [1.82, 2.24) is 9.13 Å². The molecule has 4 N–H and O–H groups in total. The molecule has 2 aromatic heterocycles. The molecule has 17 heavy (non-hydrogen) atoms. The van der Waals surface area contributed by atoms with Crippen molar-refractivity contribution in [1.29, 1.82) is 0 Å². The quantitative estimate of drug-likeness (QED) is 0.653. The fraction of sp³-hybridized carbons (Fsp3) is 0.273. The highest BCUT2D eigenvalue weighted by molar-refractivity contribution is 5.29. The van der Waals surface area contributed by atoms with E-state index >= 15 is 0 Å². The molecule has 0 saturated heterocycles. The van der Waals surface area contributed by atoms with Crippen molar-refractivity contribution in [2.75, 3.05) is 0 Å². The molecule has 2 rings (SSSR count). The second kappa shape index (κ2) is 3.97. The van der Waals surface area contributed by atoms with Crippen LogP contribution in [-0.4, -0.2) is 29.6 Å². The number of nitrogens with zero attached hydrogens (tertiary/aromatic N) is 2. The molecule has 6 heteroatoms. The average Bonchev–Trinajstić information content (AvgIpc) is 2.78. The SMILES string of the molecule is CCC(n1c(O)ccc1O)n1c(O)ccc1O. The summed E-state index contributed by atoms with van der Waals surface area (Å²) < 4.78 is 2.44. The van der Waals surface area contributed by atoms with Crippen LogP contribution in [0.25, 0.3) is 0 Å². The van der Waals surface area contributed by atoms with E-state index in [1.807, 2.05) is 6.92 Å². The third kappa shape index (κ3) is 1.67. The van der Waals surface area contributed by atoms with E-state index in [4.69, 9.17) is 0 Å². The molecule has 0 aliphatic rings. The molecule has 0 unspecified atom stereocenters. The van der Waals surface area contributed by atoms with Gasteiger partial charge < -0.3 is 20.4 Å². The van der Waals surface area contributed by atoms with Gasteiger partial charge in [-0.05, 0) is 6.42 Å². The van der Waals surface area contributed by atoms with Gasteiger partial charge in [0.2, 0.25) is 0 Å². The zero-order chi connectivity index (χ0) is 12.6. The lowest BCUT2D eigenvalue weighted by molar-refractivity contribution is 0.262. The van der Waals surface area contributed by atoms with Gasteiger partial charge in [-0.25, -0.2) is 0 Å². The minimum atomic E-state index is -0.597. The van der Waals surface area contributed by atoms with Gasteiger partial charge in [0.25, 0.3) is 0 Å². The highest BCUT2D eigenvalue weighted by Crippen LogP contribution is 2.35. The number of hydrogen-bond acceptors (Lipinski definition) is 4. The molecule has 0 bridgehead atoms. The molecule has 2 aromatic rings. The third-order valence-corrected chi connectivity index (χ3v) is 2.71. The van der Waals surface area contributed by atoms with Crippen molar-refractivity contribution in [3.63, 3.8) is 0 Å². The molecule has 0 radical (unpaired) electrons. The van der Waals surface area contributed by atoms with Crippen LogP contribution in [0.4, 0.5) is 0 Å². The van der Waals surface area contributed by atoms with E-state index in [-0.39, 0.29) is 23.5 Å². The predicted molar refractivity (Wildman–Crippen MR) is 60.2 cm³/mol. The van der Waals surface area contributed by atoms with Gasteiger partial charge in [-0.15, -0.1) is 0 Å². The van der Waals surface area contributed by atoms with Crippen LogP contribution in [0.5, 0.6) is 23.5 Å². The number of rotatable bonds is 3. The van der Waals surface area contributed by atoms with Gasteiger partial charge in [0.1, 0.15) is 6.17 Å². The van der Waals surface area contributed by atoms with Gasteiger partial charge in [-0.3, -0.25) is 9.13 Å². The summed E-state index contributed by atoms with van der Waals surface area (Å²) in [5.41, 5.74) is 0. The lowest BCUT2D eigenvalue weighted by Gasteiger charge is -2.22. The first-order valence-corrected chi connectivity index (χ1v) is 5.24. The maximum absolute atomic E-state index is 9.64. The van der Waals surface area contributed by atoms with Crippen LogP contribution in [-0.2, 0) is 0 Å². The molecule has 0 aliphatic carbocycles. The summed E-state index contributed by atoms with van der Waals surface area (Å²) in [4.78, 5) is 0. The molecule has 92 valence electrons. The Morgan fingerprint density at radius 3 is 1.35 bits per heavy atom. The van der Waals surface area contributed by atoms with Crippen molar-refractivity contribution in [2.45, 2.75) is 19.5 Å². The molecule has 0 amide bonds. The van der Waals surface area contributed by atoms with Gasteiger partial charge in [0.05, 0.1) is 0 Å². The molecule has 0 fully saturated rings. The molecule has 0 atom stereocenters. The van der Waals surface area contributed by atoms with Crippen molar-refractivity contribution in [3.05, 3.63) is 24.3 Å². The maximum atomic E-state index is 9.64.